The highest BCUT2D eigenvalue weighted by molar-refractivity contribution is 7.90. The Morgan fingerprint density at radius 2 is 1.69 bits per heavy atom. The average Bonchev–Trinajstić information content (AvgIpc) is 3.38. The molecule has 7 nitrogen and oxygen atoms in total. The molecule has 1 aliphatic heterocycles. The molecule has 1 amide bonds. The highest BCUT2D eigenvalue weighted by atomic mass is 32.2. The van der Waals surface area contributed by atoms with Gasteiger partial charge in [-0.3, -0.25) is 4.79 Å². The number of carbonyl (C=O) groups excluding carboxylic acids is 1. The van der Waals surface area contributed by atoms with E-state index in [4.69, 9.17) is 4.74 Å². The van der Waals surface area contributed by atoms with E-state index in [1.807, 2.05) is 70.1 Å². The quantitative estimate of drug-likeness (QED) is 0.427. The summed E-state index contributed by atoms with van der Waals surface area (Å²) < 4.78 is 34.3. The second-order valence-corrected chi connectivity index (χ2v) is 11.3. The second-order valence-electron chi connectivity index (χ2n) is 9.45. The number of carbonyl (C=O) groups is 1. The molecule has 2 fully saturated rings. The maximum Gasteiger partial charge on any atom is 0.228 e. The Morgan fingerprint density at radius 3 is 2.31 bits per heavy atom. The zero-order valence-electron chi connectivity index (χ0n) is 19.8. The van der Waals surface area contributed by atoms with Gasteiger partial charge in [-0.2, -0.15) is 0 Å². The minimum atomic E-state index is -3.63. The van der Waals surface area contributed by atoms with Gasteiger partial charge in [0.2, 0.25) is 20.9 Å². The van der Waals surface area contributed by atoms with Gasteiger partial charge in [-0.15, -0.1) is 0 Å². The Bertz CT molecular complexity index is 1250. The lowest BCUT2D eigenvalue weighted by Gasteiger charge is -2.26. The Hall–Kier alpha value is -2.97. The van der Waals surface area contributed by atoms with Crippen LogP contribution in [0.5, 0.6) is 0 Å². The lowest BCUT2D eigenvalue weighted by molar-refractivity contribution is -0.132. The van der Waals surface area contributed by atoms with E-state index in [1.165, 1.54) is 0 Å². The SMILES string of the molecule is O=C(Cc1ccccc1)N(Cc1cnc(S(=O)(=O)Cc2ccccc2)n1C1CC1)C[C@H]1CCCO1. The third-order valence-electron chi connectivity index (χ3n) is 6.58. The van der Waals surface area contributed by atoms with E-state index in [9.17, 15) is 13.2 Å². The van der Waals surface area contributed by atoms with Crippen LogP contribution in [0, 0.1) is 0 Å². The van der Waals surface area contributed by atoms with Crippen LogP contribution in [0.25, 0.3) is 0 Å². The van der Waals surface area contributed by atoms with E-state index in [-0.39, 0.29) is 29.0 Å². The van der Waals surface area contributed by atoms with Gasteiger partial charge in [-0.1, -0.05) is 60.7 Å². The van der Waals surface area contributed by atoms with Crippen LogP contribution in [0.4, 0.5) is 0 Å². The fourth-order valence-electron chi connectivity index (χ4n) is 4.67. The number of rotatable bonds is 10. The van der Waals surface area contributed by atoms with Gasteiger partial charge in [-0.05, 0) is 36.8 Å². The highest BCUT2D eigenvalue weighted by Crippen LogP contribution is 2.39. The van der Waals surface area contributed by atoms with Gasteiger partial charge in [0, 0.05) is 19.2 Å². The molecular formula is C27H31N3O4S. The molecule has 2 heterocycles. The summed E-state index contributed by atoms with van der Waals surface area (Å²) in [5, 5.41) is 0.103. The van der Waals surface area contributed by atoms with Crippen LogP contribution in [0.3, 0.4) is 0 Å². The Labute approximate surface area is 206 Å². The summed E-state index contributed by atoms with van der Waals surface area (Å²) in [6, 6.07) is 19.0. The molecule has 1 atom stereocenters. The summed E-state index contributed by atoms with van der Waals surface area (Å²) in [6.07, 6.45) is 5.69. The van der Waals surface area contributed by atoms with Crippen LogP contribution >= 0.6 is 0 Å². The van der Waals surface area contributed by atoms with Gasteiger partial charge in [-0.25, -0.2) is 13.4 Å². The van der Waals surface area contributed by atoms with Crippen LogP contribution in [0.15, 0.2) is 72.0 Å². The third kappa shape index (κ3) is 5.82. The maximum absolute atomic E-state index is 13.4. The molecule has 2 aliphatic rings. The molecular weight excluding hydrogens is 462 g/mol. The number of hydrogen-bond acceptors (Lipinski definition) is 5. The molecule has 2 aromatic carbocycles. The van der Waals surface area contributed by atoms with Crippen molar-refractivity contribution in [2.75, 3.05) is 13.2 Å². The number of benzene rings is 2. The van der Waals surface area contributed by atoms with Gasteiger partial charge < -0.3 is 14.2 Å². The predicted octanol–water partition coefficient (Wildman–Crippen LogP) is 3.94. The number of nitrogens with zero attached hydrogens (tertiary/aromatic N) is 3. The van der Waals surface area contributed by atoms with Gasteiger partial charge in [0.15, 0.2) is 0 Å². The van der Waals surface area contributed by atoms with Crippen LogP contribution < -0.4 is 0 Å². The second kappa shape index (κ2) is 10.3. The first-order valence-electron chi connectivity index (χ1n) is 12.3. The molecule has 5 rings (SSSR count). The first kappa shape index (κ1) is 23.8. The molecule has 184 valence electrons. The predicted molar refractivity (Wildman–Crippen MR) is 132 cm³/mol. The summed E-state index contributed by atoms with van der Waals surface area (Å²) in [7, 11) is -3.63. The minimum Gasteiger partial charge on any atom is -0.376 e. The Kier molecular flexibility index (Phi) is 7.02. The van der Waals surface area contributed by atoms with Crippen molar-refractivity contribution in [1.82, 2.24) is 14.5 Å². The lowest BCUT2D eigenvalue weighted by atomic mass is 10.1. The maximum atomic E-state index is 13.4. The van der Waals surface area contributed by atoms with Crippen molar-refractivity contribution in [1.29, 1.82) is 0 Å². The van der Waals surface area contributed by atoms with E-state index in [0.717, 1.165) is 42.5 Å². The third-order valence-corrected chi connectivity index (χ3v) is 8.15. The molecule has 1 saturated heterocycles. The van der Waals surface area contributed by atoms with Crippen molar-refractivity contribution in [2.45, 2.75) is 61.7 Å². The molecule has 35 heavy (non-hydrogen) atoms. The smallest absolute Gasteiger partial charge is 0.228 e. The number of sulfone groups is 1. The standard InChI is InChI=1S/C27H31N3O4S/c31-26(16-21-8-3-1-4-9-21)29(19-25-12-7-15-34-25)18-24-17-28-27(30(24)23-13-14-23)35(32,33)20-22-10-5-2-6-11-22/h1-6,8-11,17,23,25H,7,12-16,18-20H2/t25-/m1/s1. The van der Waals surface area contributed by atoms with E-state index < -0.39 is 9.84 Å². The molecule has 1 saturated carbocycles. The molecule has 0 bridgehead atoms. The molecule has 0 unspecified atom stereocenters. The number of ether oxygens (including phenoxy) is 1. The van der Waals surface area contributed by atoms with Gasteiger partial charge in [0.1, 0.15) is 0 Å². The van der Waals surface area contributed by atoms with Gasteiger partial charge >= 0.3 is 0 Å². The van der Waals surface area contributed by atoms with Crippen molar-refractivity contribution >= 4 is 15.7 Å². The molecule has 8 heteroatoms. The lowest BCUT2D eigenvalue weighted by Crippen LogP contribution is -2.38. The van der Waals surface area contributed by atoms with E-state index in [0.29, 0.717) is 26.1 Å². The van der Waals surface area contributed by atoms with Crippen LogP contribution in [-0.2, 0) is 38.1 Å². The van der Waals surface area contributed by atoms with Crippen LogP contribution in [0.1, 0.15) is 48.5 Å². The molecule has 0 spiro atoms. The fourth-order valence-corrected chi connectivity index (χ4v) is 6.21. The number of amides is 1. The molecule has 3 aromatic rings. The number of imidazole rings is 1. The van der Waals surface area contributed by atoms with Crippen molar-refractivity contribution in [2.24, 2.45) is 0 Å². The van der Waals surface area contributed by atoms with Crippen molar-refractivity contribution in [3.63, 3.8) is 0 Å². The van der Waals surface area contributed by atoms with Crippen LogP contribution in [-0.4, -0.2) is 48.0 Å². The van der Waals surface area contributed by atoms with Gasteiger partial charge in [0.25, 0.3) is 0 Å². The minimum absolute atomic E-state index is 0.00365. The van der Waals surface area contributed by atoms with Crippen molar-refractivity contribution in [3.05, 3.63) is 83.7 Å². The molecule has 0 N–H and O–H groups in total. The number of hydrogen-bond donors (Lipinski definition) is 0. The largest absolute Gasteiger partial charge is 0.376 e. The number of aromatic nitrogens is 2. The zero-order valence-corrected chi connectivity index (χ0v) is 20.6. The fraction of sp³-hybridized carbons (Fsp3) is 0.407. The Morgan fingerprint density at radius 1 is 1.00 bits per heavy atom. The van der Waals surface area contributed by atoms with Crippen molar-refractivity contribution < 1.29 is 17.9 Å². The average molecular weight is 494 g/mol. The molecule has 0 radical (unpaired) electrons. The van der Waals surface area contributed by atoms with E-state index in [1.54, 1.807) is 6.20 Å². The molecule has 1 aliphatic carbocycles. The summed E-state index contributed by atoms with van der Waals surface area (Å²) in [6.45, 7) is 1.52. The van der Waals surface area contributed by atoms with Crippen molar-refractivity contribution in [3.8, 4) is 0 Å². The molecule has 1 aromatic heterocycles. The summed E-state index contributed by atoms with van der Waals surface area (Å²) in [5.74, 6) is -0.0900. The van der Waals surface area contributed by atoms with E-state index in [2.05, 4.69) is 4.98 Å². The topological polar surface area (TPSA) is 81.5 Å². The first-order chi connectivity index (χ1) is 17.0. The van der Waals surface area contributed by atoms with Crippen LogP contribution in [0.2, 0.25) is 0 Å². The van der Waals surface area contributed by atoms with Gasteiger partial charge in [0.05, 0.1) is 36.7 Å². The summed E-state index contributed by atoms with van der Waals surface area (Å²) in [5.41, 5.74) is 2.45. The van der Waals surface area contributed by atoms with E-state index >= 15 is 0 Å². The Balaban J connectivity index is 1.40. The highest BCUT2D eigenvalue weighted by Gasteiger charge is 2.34. The first-order valence-corrected chi connectivity index (χ1v) is 13.9. The normalized spacial score (nSPS) is 18.0. The summed E-state index contributed by atoms with van der Waals surface area (Å²) in [4.78, 5) is 19.6. The zero-order chi connectivity index (χ0) is 24.3. The summed E-state index contributed by atoms with van der Waals surface area (Å²) >= 11 is 0. The monoisotopic (exact) mass is 493 g/mol.